The molecule has 3 aromatic rings. The first-order valence-electron chi connectivity index (χ1n) is 13.7. The second-order valence-electron chi connectivity index (χ2n) is 10.4. The van der Waals surface area contributed by atoms with E-state index in [1.807, 2.05) is 0 Å². The van der Waals surface area contributed by atoms with Gasteiger partial charge in [-0.1, -0.05) is 0 Å². The van der Waals surface area contributed by atoms with Crippen molar-refractivity contribution in [3.05, 3.63) is 46.6 Å². The summed E-state index contributed by atoms with van der Waals surface area (Å²) in [4.78, 5) is 13.9. The molecule has 240 valence electrons. The van der Waals surface area contributed by atoms with Gasteiger partial charge in [-0.15, -0.1) is 0 Å². The van der Waals surface area contributed by atoms with Crippen molar-refractivity contribution in [3.8, 4) is 34.3 Å². The summed E-state index contributed by atoms with van der Waals surface area (Å²) in [5.74, 6) is -0.427. The summed E-state index contributed by atoms with van der Waals surface area (Å²) in [5.41, 5.74) is -0.583. The molecule has 0 saturated carbocycles. The van der Waals surface area contributed by atoms with Crippen LogP contribution in [-0.4, -0.2) is 118 Å². The quantitative estimate of drug-likeness (QED) is 0.163. The van der Waals surface area contributed by atoms with Gasteiger partial charge in [0.15, 0.2) is 18.2 Å². The van der Waals surface area contributed by atoms with Crippen LogP contribution in [-0.2, 0) is 14.2 Å². The average Bonchev–Trinajstić information content (AvgIpc) is 3.02. The van der Waals surface area contributed by atoms with Crippen molar-refractivity contribution in [2.45, 2.75) is 68.3 Å². The van der Waals surface area contributed by atoms with Crippen LogP contribution in [0.15, 0.2) is 45.6 Å². The number of ether oxygens (including phenoxy) is 6. The number of hydrogen-bond acceptors (Lipinski definition) is 15. The van der Waals surface area contributed by atoms with E-state index in [2.05, 4.69) is 0 Å². The fraction of sp³-hybridized carbons (Fsp3) is 0.483. The fourth-order valence-electron chi connectivity index (χ4n) is 5.11. The summed E-state index contributed by atoms with van der Waals surface area (Å²) in [6.07, 6.45) is -16.0. The number of hydrogen-bond donors (Lipinski definition) is 7. The number of rotatable bonds is 8. The van der Waals surface area contributed by atoms with Crippen molar-refractivity contribution < 1.29 is 68.6 Å². The van der Waals surface area contributed by atoms with Crippen molar-refractivity contribution in [1.82, 2.24) is 0 Å². The minimum Gasteiger partial charge on any atom is -0.507 e. The minimum atomic E-state index is -1.84. The number of benzene rings is 2. The number of aliphatic hydroxyl groups is 6. The highest BCUT2D eigenvalue weighted by Gasteiger charge is 2.51. The molecule has 15 nitrogen and oxygen atoms in total. The highest BCUT2D eigenvalue weighted by molar-refractivity contribution is 5.88. The van der Waals surface area contributed by atoms with E-state index in [9.17, 15) is 40.5 Å². The third-order valence-electron chi connectivity index (χ3n) is 7.65. The lowest BCUT2D eigenvalue weighted by Gasteiger charge is -2.45. The van der Waals surface area contributed by atoms with E-state index in [0.717, 1.165) is 0 Å². The van der Waals surface area contributed by atoms with E-state index in [1.54, 1.807) is 24.3 Å². The van der Waals surface area contributed by atoms with Gasteiger partial charge in [0.1, 0.15) is 64.8 Å². The maximum Gasteiger partial charge on any atom is 0.239 e. The largest absolute Gasteiger partial charge is 0.507 e. The summed E-state index contributed by atoms with van der Waals surface area (Å²) in [6.45, 7) is 0.644. The number of aromatic hydroxyl groups is 1. The first kappa shape index (κ1) is 31.9. The molecule has 2 saturated heterocycles. The summed E-state index contributed by atoms with van der Waals surface area (Å²) in [5, 5.41) is 72.7. The van der Waals surface area contributed by atoms with Crippen LogP contribution in [0.4, 0.5) is 0 Å². The Bertz CT molecular complexity index is 1510. The van der Waals surface area contributed by atoms with E-state index in [1.165, 1.54) is 33.3 Å². The summed E-state index contributed by atoms with van der Waals surface area (Å²) < 4.78 is 39.4. The van der Waals surface area contributed by atoms with Gasteiger partial charge in [0.2, 0.25) is 17.5 Å². The molecule has 7 N–H and O–H groups in total. The van der Waals surface area contributed by atoms with Crippen LogP contribution in [0, 0.1) is 0 Å². The minimum absolute atomic E-state index is 0.0497. The third kappa shape index (κ3) is 5.81. The van der Waals surface area contributed by atoms with Gasteiger partial charge in [-0.25, -0.2) is 0 Å². The normalized spacial score (nSPS) is 32.4. The van der Waals surface area contributed by atoms with Crippen molar-refractivity contribution in [3.63, 3.8) is 0 Å². The van der Waals surface area contributed by atoms with Crippen molar-refractivity contribution >= 4 is 11.0 Å². The molecule has 4 unspecified atom stereocenters. The van der Waals surface area contributed by atoms with Crippen molar-refractivity contribution in [2.24, 2.45) is 0 Å². The van der Waals surface area contributed by atoms with Gasteiger partial charge < -0.3 is 68.6 Å². The van der Waals surface area contributed by atoms with Crippen LogP contribution in [0.5, 0.6) is 23.0 Å². The first-order valence-corrected chi connectivity index (χ1v) is 13.7. The zero-order chi connectivity index (χ0) is 31.9. The van der Waals surface area contributed by atoms with E-state index in [-0.39, 0.29) is 22.5 Å². The molecule has 2 aliphatic heterocycles. The number of phenolic OH excluding ortho intramolecular Hbond substituents is 1. The maximum atomic E-state index is 13.9. The number of fused-ring (bicyclic) bond motifs is 1. The molecule has 0 aliphatic carbocycles. The van der Waals surface area contributed by atoms with Crippen molar-refractivity contribution in [2.75, 3.05) is 20.8 Å². The van der Waals surface area contributed by atoms with E-state index >= 15 is 0 Å². The highest BCUT2D eigenvalue weighted by Crippen LogP contribution is 2.38. The Morgan fingerprint density at radius 2 is 1.50 bits per heavy atom. The van der Waals surface area contributed by atoms with Gasteiger partial charge in [0.25, 0.3) is 0 Å². The molecule has 2 aromatic carbocycles. The molecule has 5 rings (SSSR count). The Kier molecular flexibility index (Phi) is 9.31. The highest BCUT2D eigenvalue weighted by atomic mass is 16.8. The average molecular weight is 623 g/mol. The lowest BCUT2D eigenvalue weighted by atomic mass is 9.97. The lowest BCUT2D eigenvalue weighted by Crippen LogP contribution is -2.64. The SMILES string of the molecule is COc1ccc(-c2oc3cc(OC)cc(O)c3c(=O)c2O[C@@H]2OC(CO)[C@@H](O)[C@H](O)C2O[C@@H]2OC(C)[C@H](O)C(O)[C@@H]2O)cc1. The molecule has 10 atom stereocenters. The van der Waals surface area contributed by atoms with Crippen LogP contribution in [0.1, 0.15) is 6.92 Å². The fourth-order valence-corrected chi connectivity index (χ4v) is 5.11. The molecule has 44 heavy (non-hydrogen) atoms. The molecule has 0 spiro atoms. The Labute approximate surface area is 249 Å². The maximum absolute atomic E-state index is 13.9. The Morgan fingerprint density at radius 1 is 0.818 bits per heavy atom. The van der Waals surface area contributed by atoms with Gasteiger partial charge in [-0.2, -0.15) is 0 Å². The molecule has 1 aromatic heterocycles. The smallest absolute Gasteiger partial charge is 0.239 e. The van der Waals surface area contributed by atoms with Gasteiger partial charge in [-0.3, -0.25) is 4.79 Å². The van der Waals surface area contributed by atoms with Crippen molar-refractivity contribution in [1.29, 1.82) is 0 Å². The van der Waals surface area contributed by atoms with Crippen LogP contribution in [0.3, 0.4) is 0 Å². The standard InChI is InChI=1S/C29H34O15/c1-11-19(32)22(35)24(37)28(40-11)44-27-23(36)20(33)17(10-30)42-29(27)43-26-21(34)18-15(31)8-14(39-3)9-16(18)41-25(26)12-4-6-13(38-2)7-5-12/h4-9,11,17,19-20,22-24,27-33,35-37H,10H2,1-3H3/t11?,17?,19-,20+,22?,23-,24-,27?,28-,29-/m0/s1. The molecular formula is C29H34O15. The molecule has 15 heteroatoms. The third-order valence-corrected chi connectivity index (χ3v) is 7.65. The Hall–Kier alpha value is -3.51. The topological polar surface area (TPSA) is 227 Å². The van der Waals surface area contributed by atoms with Crippen LogP contribution < -0.4 is 19.6 Å². The monoisotopic (exact) mass is 622 g/mol. The number of aliphatic hydroxyl groups excluding tert-OH is 6. The molecule has 0 bridgehead atoms. The molecule has 2 aliphatic rings. The Balaban J connectivity index is 1.61. The second-order valence-corrected chi connectivity index (χ2v) is 10.4. The summed E-state index contributed by atoms with van der Waals surface area (Å²) >= 11 is 0. The zero-order valence-electron chi connectivity index (χ0n) is 23.8. The van der Waals surface area contributed by atoms with E-state index in [0.29, 0.717) is 11.3 Å². The molecule has 0 radical (unpaired) electrons. The zero-order valence-corrected chi connectivity index (χ0v) is 23.8. The molecular weight excluding hydrogens is 588 g/mol. The van der Waals surface area contributed by atoms with Crippen LogP contribution in [0.25, 0.3) is 22.3 Å². The molecule has 0 amide bonds. The van der Waals surface area contributed by atoms with Gasteiger partial charge in [0, 0.05) is 17.7 Å². The predicted molar refractivity (Wildman–Crippen MR) is 148 cm³/mol. The van der Waals surface area contributed by atoms with Crippen LogP contribution in [0.2, 0.25) is 0 Å². The second kappa shape index (κ2) is 12.8. The van der Waals surface area contributed by atoms with E-state index < -0.39 is 84.9 Å². The van der Waals surface area contributed by atoms with Gasteiger partial charge >= 0.3 is 0 Å². The molecule has 2 fully saturated rings. The number of methoxy groups -OCH3 is 2. The predicted octanol–water partition coefficient (Wildman–Crippen LogP) is -0.787. The van der Waals surface area contributed by atoms with Gasteiger partial charge in [0.05, 0.1) is 26.9 Å². The summed E-state index contributed by atoms with van der Waals surface area (Å²) in [7, 11) is 2.84. The number of phenols is 1. The lowest BCUT2D eigenvalue weighted by molar-refractivity contribution is -0.354. The van der Waals surface area contributed by atoms with E-state index in [4.69, 9.17) is 32.8 Å². The summed E-state index contributed by atoms with van der Waals surface area (Å²) in [6, 6.07) is 8.92. The Morgan fingerprint density at radius 3 is 2.14 bits per heavy atom. The van der Waals surface area contributed by atoms with Crippen LogP contribution >= 0.6 is 0 Å². The first-order chi connectivity index (χ1) is 21.0. The van der Waals surface area contributed by atoms with Gasteiger partial charge in [-0.05, 0) is 31.2 Å². The molecule has 3 heterocycles.